The lowest BCUT2D eigenvalue weighted by Crippen LogP contribution is -2.42. The van der Waals surface area contributed by atoms with E-state index in [1.807, 2.05) is 13.8 Å². The third kappa shape index (κ3) is 4.06. The molecule has 1 saturated heterocycles. The van der Waals surface area contributed by atoms with Crippen LogP contribution in [0.2, 0.25) is 0 Å². The van der Waals surface area contributed by atoms with E-state index in [4.69, 9.17) is 4.42 Å². The van der Waals surface area contributed by atoms with Crippen molar-refractivity contribution in [3.63, 3.8) is 0 Å². The lowest BCUT2D eigenvalue weighted by atomic mass is 9.95. The molecule has 1 fully saturated rings. The zero-order valence-corrected chi connectivity index (χ0v) is 13.6. The summed E-state index contributed by atoms with van der Waals surface area (Å²) in [6.07, 6.45) is 2.67. The van der Waals surface area contributed by atoms with Crippen molar-refractivity contribution >= 4 is 5.91 Å². The number of likely N-dealkylation sites (tertiary alicyclic amines) is 1. The zero-order valence-electron chi connectivity index (χ0n) is 13.6. The van der Waals surface area contributed by atoms with E-state index in [0.717, 1.165) is 49.7 Å². The van der Waals surface area contributed by atoms with Gasteiger partial charge in [0, 0.05) is 18.4 Å². The predicted octanol–water partition coefficient (Wildman–Crippen LogP) is 2.28. The van der Waals surface area contributed by atoms with E-state index in [0.29, 0.717) is 12.6 Å². The second kappa shape index (κ2) is 7.07. The summed E-state index contributed by atoms with van der Waals surface area (Å²) < 4.78 is 5.62. The quantitative estimate of drug-likeness (QED) is 0.905. The first-order valence-corrected chi connectivity index (χ1v) is 7.98. The van der Waals surface area contributed by atoms with Crippen molar-refractivity contribution < 1.29 is 9.21 Å². The van der Waals surface area contributed by atoms with E-state index >= 15 is 0 Å². The van der Waals surface area contributed by atoms with E-state index in [1.54, 1.807) is 0 Å². The Bertz CT molecular complexity index is 474. The highest BCUT2D eigenvalue weighted by molar-refractivity contribution is 5.78. The number of amides is 1. The molecule has 1 aliphatic heterocycles. The van der Waals surface area contributed by atoms with Crippen LogP contribution >= 0.6 is 0 Å². The molecule has 21 heavy (non-hydrogen) atoms. The molecule has 1 aromatic heterocycles. The first kappa shape index (κ1) is 16.0. The Morgan fingerprint density at radius 1 is 1.43 bits per heavy atom. The van der Waals surface area contributed by atoms with Crippen molar-refractivity contribution in [3.8, 4) is 0 Å². The fourth-order valence-corrected chi connectivity index (χ4v) is 2.79. The first-order valence-electron chi connectivity index (χ1n) is 7.98. The van der Waals surface area contributed by atoms with Crippen molar-refractivity contribution in [1.82, 2.24) is 15.2 Å². The minimum absolute atomic E-state index is 0.133. The molecule has 5 heteroatoms. The molecular weight excluding hydrogens is 266 g/mol. The predicted molar refractivity (Wildman–Crippen MR) is 81.9 cm³/mol. The van der Waals surface area contributed by atoms with Crippen molar-refractivity contribution in [2.24, 2.45) is 5.92 Å². The molecule has 0 bridgehead atoms. The molecule has 0 atom stereocenters. The second-order valence-corrected chi connectivity index (χ2v) is 6.09. The number of hydrogen-bond acceptors (Lipinski definition) is 4. The second-order valence-electron chi connectivity index (χ2n) is 6.09. The minimum atomic E-state index is 0.133. The van der Waals surface area contributed by atoms with Gasteiger partial charge in [0.25, 0.3) is 0 Å². The van der Waals surface area contributed by atoms with Crippen LogP contribution in [0.15, 0.2) is 4.42 Å². The fourth-order valence-electron chi connectivity index (χ4n) is 2.79. The maximum atomic E-state index is 12.2. The fraction of sp³-hybridized carbons (Fsp3) is 0.750. The molecule has 118 valence electrons. The van der Waals surface area contributed by atoms with Gasteiger partial charge in [-0.3, -0.25) is 4.79 Å². The highest BCUT2D eigenvalue weighted by Crippen LogP contribution is 2.19. The van der Waals surface area contributed by atoms with Crippen LogP contribution in [-0.4, -0.2) is 34.9 Å². The van der Waals surface area contributed by atoms with Crippen LogP contribution in [0.25, 0.3) is 0 Å². The number of nitrogens with zero attached hydrogens (tertiary/aromatic N) is 2. The topological polar surface area (TPSA) is 58.4 Å². The summed E-state index contributed by atoms with van der Waals surface area (Å²) in [6.45, 7) is 10.8. The summed E-state index contributed by atoms with van der Waals surface area (Å²) in [4.78, 5) is 19.0. The van der Waals surface area contributed by atoms with Gasteiger partial charge in [-0.15, -0.1) is 0 Å². The lowest BCUT2D eigenvalue weighted by molar-refractivity contribution is -0.126. The molecular formula is C16H27N3O2. The number of carbonyl (C=O) groups excluding carboxylic acids is 1. The molecule has 0 unspecified atom stereocenters. The molecule has 1 N–H and O–H groups in total. The van der Waals surface area contributed by atoms with Crippen LogP contribution < -0.4 is 5.32 Å². The Balaban J connectivity index is 1.81. The van der Waals surface area contributed by atoms with Crippen molar-refractivity contribution in [3.05, 3.63) is 17.3 Å². The zero-order chi connectivity index (χ0) is 15.4. The SMILES string of the molecule is CCc1nc(C)c(CNC(=O)C2CCN(C(C)C)CC2)o1. The average Bonchev–Trinajstić information content (AvgIpc) is 2.85. The van der Waals surface area contributed by atoms with Crippen LogP contribution in [-0.2, 0) is 17.8 Å². The highest BCUT2D eigenvalue weighted by atomic mass is 16.4. The summed E-state index contributed by atoms with van der Waals surface area (Å²) in [6, 6.07) is 0.568. The number of piperidine rings is 1. The van der Waals surface area contributed by atoms with Gasteiger partial charge in [0.05, 0.1) is 12.2 Å². The van der Waals surface area contributed by atoms with Crippen LogP contribution in [0.1, 0.15) is 51.0 Å². The molecule has 1 amide bonds. The average molecular weight is 293 g/mol. The summed E-state index contributed by atoms with van der Waals surface area (Å²) >= 11 is 0. The minimum Gasteiger partial charge on any atom is -0.444 e. The summed E-state index contributed by atoms with van der Waals surface area (Å²) in [5, 5.41) is 3.00. The number of hydrogen-bond donors (Lipinski definition) is 1. The van der Waals surface area contributed by atoms with Crippen LogP contribution in [0.4, 0.5) is 0 Å². The first-order chi connectivity index (χ1) is 10.0. The Morgan fingerprint density at radius 2 is 2.10 bits per heavy atom. The van der Waals surface area contributed by atoms with E-state index in [2.05, 4.69) is 29.0 Å². The third-order valence-electron chi connectivity index (χ3n) is 4.29. The van der Waals surface area contributed by atoms with Gasteiger partial charge >= 0.3 is 0 Å². The number of aryl methyl sites for hydroxylation is 2. The molecule has 0 spiro atoms. The van der Waals surface area contributed by atoms with Crippen molar-refractivity contribution in [1.29, 1.82) is 0 Å². The standard InChI is InChI=1S/C16H27N3O2/c1-5-15-18-12(4)14(21-15)10-17-16(20)13-6-8-19(9-7-13)11(2)3/h11,13H,5-10H2,1-4H3,(H,17,20). The van der Waals surface area contributed by atoms with Crippen LogP contribution in [0, 0.1) is 12.8 Å². The largest absolute Gasteiger partial charge is 0.444 e. The maximum absolute atomic E-state index is 12.2. The van der Waals surface area contributed by atoms with Crippen molar-refractivity contribution in [2.75, 3.05) is 13.1 Å². The lowest BCUT2D eigenvalue weighted by Gasteiger charge is -2.33. The molecule has 5 nitrogen and oxygen atoms in total. The summed E-state index contributed by atoms with van der Waals surface area (Å²) in [7, 11) is 0. The normalized spacial score (nSPS) is 17.4. The Kier molecular flexibility index (Phi) is 5.39. The molecule has 0 aromatic carbocycles. The van der Waals surface area contributed by atoms with Gasteiger partial charge in [0.2, 0.25) is 5.91 Å². The van der Waals surface area contributed by atoms with Gasteiger partial charge in [-0.25, -0.2) is 4.98 Å². The molecule has 1 aliphatic rings. The third-order valence-corrected chi connectivity index (χ3v) is 4.29. The molecule has 2 rings (SSSR count). The number of oxazole rings is 1. The smallest absolute Gasteiger partial charge is 0.223 e. The van der Waals surface area contributed by atoms with Gasteiger partial charge in [0.1, 0.15) is 5.76 Å². The molecule has 0 radical (unpaired) electrons. The van der Waals surface area contributed by atoms with E-state index in [1.165, 1.54) is 0 Å². The van der Waals surface area contributed by atoms with Gasteiger partial charge in [-0.1, -0.05) is 6.92 Å². The van der Waals surface area contributed by atoms with Crippen molar-refractivity contribution in [2.45, 2.75) is 59.5 Å². The van der Waals surface area contributed by atoms with E-state index in [9.17, 15) is 4.79 Å². The van der Waals surface area contributed by atoms with E-state index < -0.39 is 0 Å². The highest BCUT2D eigenvalue weighted by Gasteiger charge is 2.26. The monoisotopic (exact) mass is 293 g/mol. The van der Waals surface area contributed by atoms with Gasteiger partial charge in [-0.05, 0) is 46.7 Å². The molecule has 0 aliphatic carbocycles. The number of aromatic nitrogens is 1. The Labute approximate surface area is 127 Å². The van der Waals surface area contributed by atoms with Crippen LogP contribution in [0.5, 0.6) is 0 Å². The summed E-state index contributed by atoms with van der Waals surface area (Å²) in [5.74, 6) is 1.79. The summed E-state index contributed by atoms with van der Waals surface area (Å²) in [5.41, 5.74) is 0.877. The number of carbonyl (C=O) groups is 1. The number of rotatable bonds is 5. The van der Waals surface area contributed by atoms with E-state index in [-0.39, 0.29) is 11.8 Å². The van der Waals surface area contributed by atoms with Gasteiger partial charge in [-0.2, -0.15) is 0 Å². The Morgan fingerprint density at radius 3 is 2.62 bits per heavy atom. The molecule has 0 saturated carbocycles. The molecule has 2 heterocycles. The molecule has 1 aromatic rings. The Hall–Kier alpha value is -1.36. The van der Waals surface area contributed by atoms with Crippen LogP contribution in [0.3, 0.4) is 0 Å². The van der Waals surface area contributed by atoms with Gasteiger partial charge in [0.15, 0.2) is 5.89 Å². The van der Waals surface area contributed by atoms with Gasteiger partial charge < -0.3 is 14.6 Å². The maximum Gasteiger partial charge on any atom is 0.223 e. The number of nitrogens with one attached hydrogen (secondary N) is 1.